The highest BCUT2D eigenvalue weighted by atomic mass is 15.2. The number of piperidine rings is 1. The van der Waals surface area contributed by atoms with Crippen molar-refractivity contribution in [1.82, 2.24) is 4.90 Å². The highest BCUT2D eigenvalue weighted by Crippen LogP contribution is 2.38. The van der Waals surface area contributed by atoms with E-state index in [0.717, 1.165) is 24.9 Å². The molecule has 1 heterocycles. The normalized spacial score (nSPS) is 23.4. The Morgan fingerprint density at radius 3 is 1.88 bits per heavy atom. The molecule has 98 valence electrons. The molecule has 0 aromatic heterocycles. The molecule has 0 amide bonds. The first-order valence-corrected chi connectivity index (χ1v) is 6.88. The number of likely N-dealkylation sites (tertiary alicyclic amines) is 1. The van der Waals surface area contributed by atoms with Crippen LogP contribution >= 0.6 is 0 Å². The van der Waals surface area contributed by atoms with E-state index in [4.69, 9.17) is 0 Å². The summed E-state index contributed by atoms with van der Waals surface area (Å²) in [6, 6.07) is 2.56. The third-order valence-electron chi connectivity index (χ3n) is 4.79. The molecule has 0 aromatic rings. The molecule has 2 heteroatoms. The van der Waals surface area contributed by atoms with Gasteiger partial charge in [0, 0.05) is 0 Å². The Bertz CT molecular complexity index is 287. The zero-order valence-electron chi connectivity index (χ0n) is 12.4. The van der Waals surface area contributed by atoms with Gasteiger partial charge < -0.3 is 0 Å². The summed E-state index contributed by atoms with van der Waals surface area (Å²) < 4.78 is 0. The molecule has 0 bridgehead atoms. The third kappa shape index (κ3) is 2.83. The van der Waals surface area contributed by atoms with E-state index in [1.807, 2.05) is 0 Å². The second kappa shape index (κ2) is 4.98. The minimum Gasteiger partial charge on any atom is -0.285 e. The minimum atomic E-state index is -0.338. The molecule has 0 saturated carbocycles. The van der Waals surface area contributed by atoms with E-state index in [2.05, 4.69) is 52.5 Å². The van der Waals surface area contributed by atoms with Gasteiger partial charge in [-0.3, -0.25) is 4.90 Å². The van der Waals surface area contributed by atoms with E-state index in [1.165, 1.54) is 12.8 Å². The molecule has 1 unspecified atom stereocenters. The first-order chi connectivity index (χ1) is 7.72. The van der Waals surface area contributed by atoms with Crippen LogP contribution in [0.3, 0.4) is 0 Å². The Labute approximate surface area is 107 Å². The van der Waals surface area contributed by atoms with Gasteiger partial charge in [0.05, 0.1) is 6.07 Å². The molecule has 1 saturated heterocycles. The lowest BCUT2D eigenvalue weighted by Gasteiger charge is -2.48. The van der Waals surface area contributed by atoms with Gasteiger partial charge >= 0.3 is 0 Å². The zero-order chi connectivity index (χ0) is 13.3. The van der Waals surface area contributed by atoms with Gasteiger partial charge in [-0.1, -0.05) is 34.6 Å². The smallest absolute Gasteiger partial charge is 0.111 e. The standard InChI is InChI=1S/C15H28N2/c1-12(2)13-7-9-17(10-8-13)15(6,11-16)14(3,4)5/h12-13H,7-10H2,1-6H3. The van der Waals surface area contributed by atoms with E-state index in [9.17, 15) is 5.26 Å². The van der Waals surface area contributed by atoms with Crippen molar-refractivity contribution >= 4 is 0 Å². The summed E-state index contributed by atoms with van der Waals surface area (Å²) in [5.41, 5.74) is -0.332. The predicted octanol–water partition coefficient (Wildman–Crippen LogP) is 3.68. The monoisotopic (exact) mass is 236 g/mol. The summed E-state index contributed by atoms with van der Waals surface area (Å²) in [5, 5.41) is 9.56. The van der Waals surface area contributed by atoms with Crippen LogP contribution in [0.15, 0.2) is 0 Å². The first-order valence-electron chi connectivity index (χ1n) is 6.88. The second-order valence-electron chi connectivity index (χ2n) is 7.00. The number of rotatable bonds is 2. The van der Waals surface area contributed by atoms with Crippen LogP contribution < -0.4 is 0 Å². The molecule has 1 fully saturated rings. The fourth-order valence-electron chi connectivity index (χ4n) is 2.73. The van der Waals surface area contributed by atoms with Crippen molar-refractivity contribution in [3.63, 3.8) is 0 Å². The quantitative estimate of drug-likeness (QED) is 0.731. The highest BCUT2D eigenvalue weighted by Gasteiger charge is 2.44. The lowest BCUT2D eigenvalue weighted by Crippen LogP contribution is -2.56. The van der Waals surface area contributed by atoms with Crippen LogP contribution in [0, 0.1) is 28.6 Å². The van der Waals surface area contributed by atoms with Crippen molar-refractivity contribution in [2.24, 2.45) is 17.3 Å². The van der Waals surface area contributed by atoms with Crippen LogP contribution in [-0.4, -0.2) is 23.5 Å². The van der Waals surface area contributed by atoms with Gasteiger partial charge in [0.15, 0.2) is 0 Å². The number of hydrogen-bond acceptors (Lipinski definition) is 2. The molecule has 1 aliphatic heterocycles. The van der Waals surface area contributed by atoms with Gasteiger partial charge in [0.25, 0.3) is 0 Å². The second-order valence-corrected chi connectivity index (χ2v) is 7.00. The van der Waals surface area contributed by atoms with E-state index >= 15 is 0 Å². The predicted molar refractivity (Wildman–Crippen MR) is 72.6 cm³/mol. The van der Waals surface area contributed by atoms with Crippen molar-refractivity contribution in [2.75, 3.05) is 13.1 Å². The topological polar surface area (TPSA) is 27.0 Å². The molecule has 0 aliphatic carbocycles. The van der Waals surface area contributed by atoms with Crippen LogP contribution in [0.1, 0.15) is 54.4 Å². The van der Waals surface area contributed by atoms with Gasteiger partial charge in [0.2, 0.25) is 0 Å². The molecule has 0 spiro atoms. The molecule has 1 atom stereocenters. The fraction of sp³-hybridized carbons (Fsp3) is 0.933. The summed E-state index contributed by atoms with van der Waals surface area (Å²) in [6.07, 6.45) is 2.48. The first kappa shape index (κ1) is 14.5. The van der Waals surface area contributed by atoms with Crippen LogP contribution in [0.4, 0.5) is 0 Å². The van der Waals surface area contributed by atoms with Crippen LogP contribution in [-0.2, 0) is 0 Å². The summed E-state index contributed by atoms with van der Waals surface area (Å²) in [6.45, 7) is 15.4. The maximum absolute atomic E-state index is 9.56. The molecule has 2 nitrogen and oxygen atoms in total. The molecule has 17 heavy (non-hydrogen) atoms. The van der Waals surface area contributed by atoms with Crippen molar-refractivity contribution < 1.29 is 0 Å². The maximum atomic E-state index is 9.56. The van der Waals surface area contributed by atoms with E-state index < -0.39 is 0 Å². The number of nitrogens with zero attached hydrogens (tertiary/aromatic N) is 2. The largest absolute Gasteiger partial charge is 0.285 e. The van der Waals surface area contributed by atoms with Gasteiger partial charge in [-0.15, -0.1) is 0 Å². The van der Waals surface area contributed by atoms with Gasteiger partial charge in [0.1, 0.15) is 5.54 Å². The Balaban J connectivity index is 2.74. The minimum absolute atomic E-state index is 0.00637. The molecule has 1 aliphatic rings. The summed E-state index contributed by atoms with van der Waals surface area (Å²) in [5.74, 6) is 1.62. The van der Waals surface area contributed by atoms with Crippen molar-refractivity contribution in [1.29, 1.82) is 5.26 Å². The lowest BCUT2D eigenvalue weighted by atomic mass is 9.73. The summed E-state index contributed by atoms with van der Waals surface area (Å²) >= 11 is 0. The van der Waals surface area contributed by atoms with Crippen molar-refractivity contribution in [3.8, 4) is 6.07 Å². The molecule has 1 rings (SSSR count). The molecule has 0 radical (unpaired) electrons. The van der Waals surface area contributed by atoms with Gasteiger partial charge in [-0.25, -0.2) is 0 Å². The Morgan fingerprint density at radius 1 is 1.12 bits per heavy atom. The number of nitriles is 1. The Kier molecular flexibility index (Phi) is 4.25. The van der Waals surface area contributed by atoms with E-state index in [-0.39, 0.29) is 11.0 Å². The Hall–Kier alpha value is -0.550. The highest BCUT2D eigenvalue weighted by molar-refractivity contribution is 5.12. The average molecular weight is 236 g/mol. The molecular weight excluding hydrogens is 208 g/mol. The number of hydrogen-bond donors (Lipinski definition) is 0. The SMILES string of the molecule is CC(C)C1CCN(C(C)(C#N)C(C)(C)C)CC1. The van der Waals surface area contributed by atoms with E-state index in [1.54, 1.807) is 0 Å². The average Bonchev–Trinajstić information content (AvgIpc) is 2.26. The molecule has 0 aromatic carbocycles. The fourth-order valence-corrected chi connectivity index (χ4v) is 2.73. The van der Waals surface area contributed by atoms with E-state index in [0.29, 0.717) is 0 Å². The van der Waals surface area contributed by atoms with Crippen molar-refractivity contribution in [2.45, 2.75) is 59.9 Å². The summed E-state index contributed by atoms with van der Waals surface area (Å²) in [4.78, 5) is 2.39. The van der Waals surface area contributed by atoms with Gasteiger partial charge in [-0.05, 0) is 50.1 Å². The van der Waals surface area contributed by atoms with Gasteiger partial charge in [-0.2, -0.15) is 5.26 Å². The third-order valence-corrected chi connectivity index (χ3v) is 4.79. The Morgan fingerprint density at radius 2 is 1.59 bits per heavy atom. The van der Waals surface area contributed by atoms with Crippen molar-refractivity contribution in [3.05, 3.63) is 0 Å². The molecule has 0 N–H and O–H groups in total. The van der Waals surface area contributed by atoms with Crippen LogP contribution in [0.2, 0.25) is 0 Å². The lowest BCUT2D eigenvalue weighted by molar-refractivity contribution is 0.0187. The van der Waals surface area contributed by atoms with Crippen LogP contribution in [0.5, 0.6) is 0 Å². The summed E-state index contributed by atoms with van der Waals surface area (Å²) in [7, 11) is 0. The zero-order valence-corrected chi connectivity index (χ0v) is 12.4. The maximum Gasteiger partial charge on any atom is 0.111 e. The molecular formula is C15H28N2. The van der Waals surface area contributed by atoms with Crippen LogP contribution in [0.25, 0.3) is 0 Å².